The van der Waals surface area contributed by atoms with Crippen LogP contribution in [0, 0.1) is 0 Å². The molecule has 2 heterocycles. The average Bonchev–Trinajstić information content (AvgIpc) is 3.21. The van der Waals surface area contributed by atoms with Crippen LogP contribution in [0.4, 0.5) is 0 Å². The van der Waals surface area contributed by atoms with Crippen molar-refractivity contribution in [1.29, 1.82) is 0 Å². The van der Waals surface area contributed by atoms with Crippen LogP contribution in [0.2, 0.25) is 0 Å². The summed E-state index contributed by atoms with van der Waals surface area (Å²) in [5.74, 6) is 0. The van der Waals surface area contributed by atoms with Gasteiger partial charge in [0.1, 0.15) is 61.0 Å². The van der Waals surface area contributed by atoms with E-state index in [0.29, 0.717) is 26.3 Å². The normalized spacial score (nSPS) is 43.5. The first kappa shape index (κ1) is 52.6. The molecule has 2 aliphatic carbocycles. The quantitative estimate of drug-likeness (QED) is 0.0449. The molecule has 0 aromatic rings. The summed E-state index contributed by atoms with van der Waals surface area (Å²) in [7, 11) is 3.58. The van der Waals surface area contributed by atoms with Gasteiger partial charge in [0.25, 0.3) is 0 Å². The smallest absolute Gasteiger partial charge is 0.176 e. The van der Waals surface area contributed by atoms with Crippen molar-refractivity contribution >= 4 is 0 Å². The molecule has 2 aliphatic heterocycles. The van der Waals surface area contributed by atoms with Gasteiger partial charge in [-0.15, -0.1) is 0 Å². The van der Waals surface area contributed by atoms with Crippen LogP contribution in [-0.2, 0) is 33.2 Å². The summed E-state index contributed by atoms with van der Waals surface area (Å²) in [6.45, 7) is 1.34. The van der Waals surface area contributed by atoms with Crippen molar-refractivity contribution in [3.05, 3.63) is 0 Å². The summed E-state index contributed by atoms with van der Waals surface area (Å²) in [6, 6.07) is -5.18. The topological polar surface area (TPSA) is 441 Å². The Morgan fingerprint density at radius 1 is 0.541 bits per heavy atom. The van der Waals surface area contributed by atoms with E-state index in [2.05, 4.69) is 0 Å². The lowest BCUT2D eigenvalue weighted by Crippen LogP contribution is -2.68. The first-order chi connectivity index (χ1) is 28.8. The van der Waals surface area contributed by atoms with Gasteiger partial charge in [0, 0.05) is 63.4 Å². The van der Waals surface area contributed by atoms with Gasteiger partial charge in [-0.25, -0.2) is 0 Å². The molecule has 2 saturated heterocycles. The number of nitrogens with two attached hydrogens (primary N) is 8. The van der Waals surface area contributed by atoms with Crippen LogP contribution in [-0.4, -0.2) is 265 Å². The monoisotopic (exact) mass is 889 g/mol. The molecule has 25 nitrogen and oxygen atoms in total. The first-order valence-corrected chi connectivity index (χ1v) is 21.0. The maximum Gasteiger partial charge on any atom is 0.176 e. The van der Waals surface area contributed by atoms with Gasteiger partial charge in [-0.05, 0) is 26.9 Å². The molecule has 0 aromatic carbocycles. The van der Waals surface area contributed by atoms with Gasteiger partial charge in [-0.2, -0.15) is 0 Å². The minimum absolute atomic E-state index is 0.107. The third-order valence-electron chi connectivity index (χ3n) is 11.9. The van der Waals surface area contributed by atoms with E-state index in [1.54, 1.807) is 14.1 Å². The molecular formula is C36H76N10O15. The van der Waals surface area contributed by atoms with Crippen molar-refractivity contribution in [3.63, 3.8) is 0 Å². The summed E-state index contributed by atoms with van der Waals surface area (Å²) in [4.78, 5) is 3.67. The molecule has 0 spiro atoms. The molecule has 4 rings (SSSR count). The SMILES string of the molecule is CN(CCOCCN(C)C[C@H](O)CO[C@@H]1[C@@H](O)[C@H](N)C[C@H](N)[C@H]1O[C@H]1O[C@H](CN)[C@@H](O)[C@H](O)[C@H]1N)C[C@H](O)CO[C@@H]1[C@@H](O)[C@H](N)C[C@H](N)[C@H]1O[C@H]1O[C@H](CN)[C@@H](O)[C@H](O)[C@H]1N. The van der Waals surface area contributed by atoms with E-state index in [1.165, 1.54) is 0 Å². The van der Waals surface area contributed by atoms with E-state index in [1.807, 2.05) is 9.80 Å². The number of aliphatic hydroxyl groups excluding tert-OH is 8. The van der Waals surface area contributed by atoms with Crippen LogP contribution in [0.25, 0.3) is 0 Å². The number of hydrogen-bond acceptors (Lipinski definition) is 25. The van der Waals surface area contributed by atoms with Gasteiger partial charge in [-0.1, -0.05) is 0 Å². The van der Waals surface area contributed by atoms with Crippen molar-refractivity contribution in [2.24, 2.45) is 45.9 Å². The van der Waals surface area contributed by atoms with Crippen LogP contribution >= 0.6 is 0 Å². The second kappa shape index (κ2) is 24.5. The largest absolute Gasteiger partial charge is 0.389 e. The highest BCUT2D eigenvalue weighted by molar-refractivity contribution is 5.02. The van der Waals surface area contributed by atoms with Crippen molar-refractivity contribution in [2.45, 2.75) is 147 Å². The zero-order chi connectivity index (χ0) is 45.3. The highest BCUT2D eigenvalue weighted by Gasteiger charge is 2.50. The number of hydrogen-bond donors (Lipinski definition) is 16. The molecule has 4 fully saturated rings. The third kappa shape index (κ3) is 14.0. The standard InChI is InChI=1S/C36H76N10O15/c1-45(11-15(47)13-56-33-25(49)17(39)7-19(41)31(33)60-35-23(43)29(53)27(51)21(9-37)58-35)3-5-55-6-4-46(2)12-16(48)14-57-34-26(50)18(40)8-20(42)32(34)61-36-24(44)30(54)28(52)22(10-38)59-36/h15-36,47-54H,3-14,37-44H2,1-2H3/t15-,16-,17+,18+,19-,20-,21+,22+,23+,24+,25-,26-,27+,28+,29+,30+,31+,32+,33+,34+,35+,36+/m0/s1. The Morgan fingerprint density at radius 2 is 0.902 bits per heavy atom. The molecule has 360 valence electrons. The predicted molar refractivity (Wildman–Crippen MR) is 216 cm³/mol. The zero-order valence-electron chi connectivity index (χ0n) is 35.1. The Balaban J connectivity index is 1.15. The molecule has 0 unspecified atom stereocenters. The maximum absolute atomic E-state index is 10.9. The van der Waals surface area contributed by atoms with Crippen LogP contribution < -0.4 is 45.9 Å². The number of nitrogens with zero attached hydrogens (tertiary/aromatic N) is 2. The molecule has 24 N–H and O–H groups in total. The van der Waals surface area contributed by atoms with Gasteiger partial charge in [0.05, 0.1) is 62.9 Å². The molecule has 22 atom stereocenters. The molecule has 4 aliphatic rings. The Bertz CT molecular complexity index is 1170. The van der Waals surface area contributed by atoms with E-state index in [0.717, 1.165) is 0 Å². The number of aliphatic hydroxyl groups is 8. The van der Waals surface area contributed by atoms with Crippen molar-refractivity contribution in [2.75, 3.05) is 79.8 Å². The molecule has 61 heavy (non-hydrogen) atoms. The molecule has 25 heteroatoms. The number of likely N-dealkylation sites (N-methyl/N-ethyl adjacent to an activating group) is 2. The van der Waals surface area contributed by atoms with Crippen molar-refractivity contribution < 1.29 is 74.0 Å². The summed E-state index contributed by atoms with van der Waals surface area (Å²) < 4.78 is 41.1. The minimum atomic E-state index is -1.38. The highest BCUT2D eigenvalue weighted by Crippen LogP contribution is 2.30. The molecule has 0 bridgehead atoms. The van der Waals surface area contributed by atoms with E-state index >= 15 is 0 Å². The molecule has 0 aromatic heterocycles. The molecule has 0 amide bonds. The van der Waals surface area contributed by atoms with Gasteiger partial charge < -0.3 is 130 Å². The molecule has 0 radical (unpaired) electrons. The Hall–Kier alpha value is -1.00. The predicted octanol–water partition coefficient (Wildman–Crippen LogP) is -10.6. The average molecular weight is 889 g/mol. The van der Waals surface area contributed by atoms with Gasteiger partial charge in [0.15, 0.2) is 12.6 Å². The number of ether oxygens (including phenoxy) is 7. The van der Waals surface area contributed by atoms with Crippen molar-refractivity contribution in [1.82, 2.24) is 9.80 Å². The van der Waals surface area contributed by atoms with Gasteiger partial charge in [-0.3, -0.25) is 0 Å². The minimum Gasteiger partial charge on any atom is -0.389 e. The van der Waals surface area contributed by atoms with E-state index < -0.39 is 134 Å². The highest BCUT2D eigenvalue weighted by atomic mass is 16.7. The fourth-order valence-electron chi connectivity index (χ4n) is 8.13. The van der Waals surface area contributed by atoms with Gasteiger partial charge in [0.2, 0.25) is 0 Å². The van der Waals surface area contributed by atoms with Crippen LogP contribution in [0.15, 0.2) is 0 Å². The second-order valence-electron chi connectivity index (χ2n) is 17.0. The fraction of sp³-hybridized carbons (Fsp3) is 1.00. The lowest BCUT2D eigenvalue weighted by atomic mass is 9.84. The van der Waals surface area contributed by atoms with Gasteiger partial charge >= 0.3 is 0 Å². The lowest BCUT2D eigenvalue weighted by Gasteiger charge is -2.47. The fourth-order valence-corrected chi connectivity index (χ4v) is 8.13. The zero-order valence-corrected chi connectivity index (χ0v) is 35.1. The third-order valence-corrected chi connectivity index (χ3v) is 11.9. The molecular weight excluding hydrogens is 812 g/mol. The second-order valence-corrected chi connectivity index (χ2v) is 17.0. The number of rotatable bonds is 22. The Labute approximate surface area is 356 Å². The van der Waals surface area contributed by atoms with Crippen molar-refractivity contribution in [3.8, 4) is 0 Å². The first-order valence-electron chi connectivity index (χ1n) is 21.0. The van der Waals surface area contributed by atoms with Crippen LogP contribution in [0.1, 0.15) is 12.8 Å². The van der Waals surface area contributed by atoms with Crippen LogP contribution in [0.5, 0.6) is 0 Å². The van der Waals surface area contributed by atoms with E-state index in [4.69, 9.17) is 79.0 Å². The Morgan fingerprint density at radius 3 is 1.25 bits per heavy atom. The summed E-state index contributed by atoms with van der Waals surface area (Å²) in [6.07, 6.45) is -17.8. The lowest BCUT2D eigenvalue weighted by molar-refractivity contribution is -0.292. The summed E-state index contributed by atoms with van der Waals surface area (Å²) >= 11 is 0. The Kier molecular flexibility index (Phi) is 21.1. The summed E-state index contributed by atoms with van der Waals surface area (Å²) in [5, 5.41) is 84.7. The molecule has 2 saturated carbocycles. The van der Waals surface area contributed by atoms with E-state index in [-0.39, 0.29) is 52.2 Å². The van der Waals surface area contributed by atoms with E-state index in [9.17, 15) is 40.9 Å². The van der Waals surface area contributed by atoms with Crippen LogP contribution in [0.3, 0.4) is 0 Å². The maximum atomic E-state index is 10.9. The summed E-state index contributed by atoms with van der Waals surface area (Å²) in [5.41, 5.74) is 48.4.